The van der Waals surface area contributed by atoms with Gasteiger partial charge in [-0.25, -0.2) is 8.42 Å². The number of rotatable bonds is 12. The van der Waals surface area contributed by atoms with Crippen LogP contribution >= 0.6 is 35.0 Å². The van der Waals surface area contributed by atoms with Crippen LogP contribution in [0.5, 0.6) is 5.75 Å². The summed E-state index contributed by atoms with van der Waals surface area (Å²) in [6, 6.07) is 17.0. The molecule has 0 aliphatic rings. The second-order valence-electron chi connectivity index (χ2n) is 8.65. The zero-order chi connectivity index (χ0) is 29.4. The summed E-state index contributed by atoms with van der Waals surface area (Å²) in [4.78, 5) is 28.8. The SMILES string of the molecule is CCOc1ccccc1N(CC(=O)N(Cc1ccc(Cl)c(Cl)c1)[C@@H](C)C(=O)NC)S(=O)(=O)c1ccc(SC)cc1. The third kappa shape index (κ3) is 7.42. The van der Waals surface area contributed by atoms with Gasteiger partial charge < -0.3 is 15.0 Å². The summed E-state index contributed by atoms with van der Waals surface area (Å²) in [6.07, 6.45) is 1.89. The predicted molar refractivity (Wildman–Crippen MR) is 161 cm³/mol. The Morgan fingerprint density at radius 3 is 2.30 bits per heavy atom. The van der Waals surface area contributed by atoms with Crippen molar-refractivity contribution in [3.05, 3.63) is 82.3 Å². The molecule has 0 radical (unpaired) electrons. The summed E-state index contributed by atoms with van der Waals surface area (Å²) >= 11 is 13.7. The van der Waals surface area contributed by atoms with Gasteiger partial charge in [-0.3, -0.25) is 13.9 Å². The fourth-order valence-corrected chi connectivity index (χ4v) is 6.11. The lowest BCUT2D eigenvalue weighted by Gasteiger charge is -2.32. The molecule has 0 saturated carbocycles. The Labute approximate surface area is 249 Å². The standard InChI is InChI=1S/C28H31Cl2N3O5S2/c1-5-38-26-9-7-6-8-25(26)33(40(36,37)22-13-11-21(39-4)12-14-22)18-27(34)32(19(2)28(35)31-3)17-20-10-15-23(29)24(30)16-20/h6-16,19H,5,17-18H2,1-4H3,(H,31,35)/t19-/m0/s1. The van der Waals surface area contributed by atoms with Gasteiger partial charge in [0.15, 0.2) is 0 Å². The molecule has 3 rings (SSSR count). The maximum absolute atomic E-state index is 14.0. The highest BCUT2D eigenvalue weighted by atomic mass is 35.5. The third-order valence-electron chi connectivity index (χ3n) is 6.11. The maximum atomic E-state index is 14.0. The molecule has 3 aromatic rings. The molecule has 2 amide bonds. The van der Waals surface area contributed by atoms with Crippen LogP contribution in [0.15, 0.2) is 76.5 Å². The Bertz CT molecular complexity index is 1450. The molecular formula is C28H31Cl2N3O5S2. The molecular weight excluding hydrogens is 593 g/mol. The molecule has 0 aliphatic carbocycles. The minimum absolute atomic E-state index is 0.00623. The highest BCUT2D eigenvalue weighted by molar-refractivity contribution is 7.98. The number of sulfonamides is 1. The molecule has 40 heavy (non-hydrogen) atoms. The highest BCUT2D eigenvalue weighted by Crippen LogP contribution is 2.33. The number of halogens is 2. The fraction of sp³-hybridized carbons (Fsp3) is 0.286. The molecule has 0 spiro atoms. The first-order valence-corrected chi connectivity index (χ1v) is 15.8. The molecule has 3 aromatic carbocycles. The van der Waals surface area contributed by atoms with Crippen molar-refractivity contribution in [1.82, 2.24) is 10.2 Å². The first-order chi connectivity index (χ1) is 19.0. The number of nitrogens with zero attached hydrogens (tertiary/aromatic N) is 2. The van der Waals surface area contributed by atoms with Crippen molar-refractivity contribution in [2.24, 2.45) is 0 Å². The smallest absolute Gasteiger partial charge is 0.264 e. The van der Waals surface area contributed by atoms with E-state index in [2.05, 4.69) is 5.32 Å². The Kier molecular flexibility index (Phi) is 11.2. The van der Waals surface area contributed by atoms with Crippen molar-refractivity contribution in [3.63, 3.8) is 0 Å². The van der Waals surface area contributed by atoms with Crippen molar-refractivity contribution in [2.75, 3.05) is 30.8 Å². The summed E-state index contributed by atoms with van der Waals surface area (Å²) in [5.41, 5.74) is 0.823. The van der Waals surface area contributed by atoms with Crippen molar-refractivity contribution < 1.29 is 22.7 Å². The van der Waals surface area contributed by atoms with Crippen LogP contribution in [0.1, 0.15) is 19.4 Å². The molecule has 214 valence electrons. The van der Waals surface area contributed by atoms with Crippen molar-refractivity contribution in [1.29, 1.82) is 0 Å². The molecule has 0 bridgehead atoms. The van der Waals surface area contributed by atoms with Crippen LogP contribution < -0.4 is 14.4 Å². The van der Waals surface area contributed by atoms with Crippen molar-refractivity contribution >= 4 is 62.5 Å². The van der Waals surface area contributed by atoms with Gasteiger partial charge in [0.1, 0.15) is 18.3 Å². The van der Waals surface area contributed by atoms with Crippen molar-refractivity contribution in [2.45, 2.75) is 36.2 Å². The first kappa shape index (κ1) is 31.6. The number of benzene rings is 3. The number of anilines is 1. The van der Waals surface area contributed by atoms with E-state index in [1.54, 1.807) is 68.4 Å². The largest absolute Gasteiger partial charge is 0.492 e. The first-order valence-electron chi connectivity index (χ1n) is 12.4. The van der Waals surface area contributed by atoms with E-state index in [-0.39, 0.29) is 17.1 Å². The zero-order valence-electron chi connectivity index (χ0n) is 22.6. The number of hydrogen-bond acceptors (Lipinski definition) is 6. The number of amides is 2. The van der Waals surface area contributed by atoms with Gasteiger partial charge >= 0.3 is 0 Å². The molecule has 0 aliphatic heterocycles. The van der Waals surface area contributed by atoms with E-state index in [9.17, 15) is 18.0 Å². The zero-order valence-corrected chi connectivity index (χ0v) is 25.7. The lowest BCUT2D eigenvalue weighted by atomic mass is 10.1. The molecule has 0 fully saturated rings. The summed E-state index contributed by atoms with van der Waals surface area (Å²) < 4.78 is 34.8. The number of ether oxygens (including phenoxy) is 1. The van der Waals surface area contributed by atoms with Gasteiger partial charge in [0.2, 0.25) is 11.8 Å². The number of hydrogen-bond donors (Lipinski definition) is 1. The molecule has 1 atom stereocenters. The minimum Gasteiger partial charge on any atom is -0.492 e. The van der Waals surface area contributed by atoms with E-state index in [0.29, 0.717) is 28.0 Å². The number of carbonyl (C=O) groups is 2. The van der Waals surface area contributed by atoms with Gasteiger partial charge in [-0.2, -0.15) is 0 Å². The maximum Gasteiger partial charge on any atom is 0.264 e. The summed E-state index contributed by atoms with van der Waals surface area (Å²) in [6.45, 7) is 3.06. The van der Waals surface area contributed by atoms with Crippen LogP contribution in [0.25, 0.3) is 0 Å². The number of para-hydroxylation sites is 2. The summed E-state index contributed by atoms with van der Waals surface area (Å²) in [7, 11) is -2.76. The van der Waals surface area contributed by atoms with E-state index in [4.69, 9.17) is 27.9 Å². The molecule has 0 unspecified atom stereocenters. The van der Waals surface area contributed by atoms with Gasteiger partial charge in [-0.15, -0.1) is 11.8 Å². The van der Waals surface area contributed by atoms with Gasteiger partial charge in [-0.1, -0.05) is 41.4 Å². The normalized spacial score (nSPS) is 11.9. The number of thioether (sulfide) groups is 1. The summed E-state index contributed by atoms with van der Waals surface area (Å²) in [5, 5.41) is 3.19. The number of likely N-dealkylation sites (N-methyl/N-ethyl adjacent to an activating group) is 1. The fourth-order valence-electron chi connectivity index (χ4n) is 3.96. The van der Waals surface area contributed by atoms with Crippen molar-refractivity contribution in [3.8, 4) is 5.75 Å². The van der Waals surface area contributed by atoms with Gasteiger partial charge in [0.25, 0.3) is 10.0 Å². The highest BCUT2D eigenvalue weighted by Gasteiger charge is 2.33. The topological polar surface area (TPSA) is 96.0 Å². The van der Waals surface area contributed by atoms with Gasteiger partial charge in [0, 0.05) is 18.5 Å². The quantitative estimate of drug-likeness (QED) is 0.269. The minimum atomic E-state index is -4.23. The summed E-state index contributed by atoms with van der Waals surface area (Å²) in [5.74, 6) is -0.708. The third-order valence-corrected chi connectivity index (χ3v) is 9.37. The van der Waals surface area contributed by atoms with Gasteiger partial charge in [0.05, 0.1) is 27.2 Å². The molecule has 0 saturated heterocycles. The van der Waals surface area contributed by atoms with E-state index in [1.165, 1.54) is 35.8 Å². The van der Waals surface area contributed by atoms with Crippen LogP contribution in [0, 0.1) is 0 Å². The average molecular weight is 625 g/mol. The van der Waals surface area contributed by atoms with E-state index >= 15 is 0 Å². The molecule has 0 heterocycles. The molecule has 1 N–H and O–H groups in total. The molecule has 8 nitrogen and oxygen atoms in total. The lowest BCUT2D eigenvalue weighted by Crippen LogP contribution is -2.50. The average Bonchev–Trinajstić information content (AvgIpc) is 2.96. The van der Waals surface area contributed by atoms with E-state index < -0.39 is 34.4 Å². The molecule has 0 aromatic heterocycles. The Hall–Kier alpha value is -2.92. The second-order valence-corrected chi connectivity index (χ2v) is 12.2. The van der Waals surface area contributed by atoms with E-state index in [1.807, 2.05) is 6.26 Å². The molecule has 12 heteroatoms. The van der Waals surface area contributed by atoms with E-state index in [0.717, 1.165) is 9.20 Å². The second kappa shape index (κ2) is 14.1. The Morgan fingerprint density at radius 1 is 1.02 bits per heavy atom. The van der Waals surface area contributed by atoms with Crippen LogP contribution in [0.3, 0.4) is 0 Å². The van der Waals surface area contributed by atoms with Crippen LogP contribution in [0.4, 0.5) is 5.69 Å². The number of carbonyl (C=O) groups excluding carboxylic acids is 2. The van der Waals surface area contributed by atoms with Gasteiger partial charge in [-0.05, 0) is 74.2 Å². The Morgan fingerprint density at radius 2 is 1.70 bits per heavy atom. The van der Waals surface area contributed by atoms with Crippen LogP contribution in [-0.2, 0) is 26.2 Å². The number of nitrogens with one attached hydrogen (secondary N) is 1. The monoisotopic (exact) mass is 623 g/mol. The lowest BCUT2D eigenvalue weighted by molar-refractivity contribution is -0.139. The van der Waals surface area contributed by atoms with Crippen LogP contribution in [-0.4, -0.2) is 57.6 Å². The van der Waals surface area contributed by atoms with Crippen LogP contribution in [0.2, 0.25) is 10.0 Å². The predicted octanol–water partition coefficient (Wildman–Crippen LogP) is 5.47. The Balaban J connectivity index is 2.09.